The Balaban J connectivity index is 2.10. The van der Waals surface area contributed by atoms with Gasteiger partial charge in [0.05, 0.1) is 18.7 Å². The molecule has 5 heteroatoms. The zero-order valence-electron chi connectivity index (χ0n) is 8.20. The molecule has 1 aromatic rings. The van der Waals surface area contributed by atoms with Crippen molar-refractivity contribution in [3.8, 4) is 0 Å². The standard InChI is InChI=1S/C9H12ClN3O/c1-9(14-2)5-13(6-9)8-7(10)11-3-4-12-8/h3-4H,5-6H2,1-2H3. The predicted octanol–water partition coefficient (Wildman–Crippen LogP) is 1.36. The van der Waals surface area contributed by atoms with Gasteiger partial charge in [-0.25, -0.2) is 9.97 Å². The lowest BCUT2D eigenvalue weighted by Crippen LogP contribution is -2.61. The molecule has 0 unspecified atom stereocenters. The molecule has 0 saturated carbocycles. The molecule has 2 rings (SSSR count). The molecule has 0 spiro atoms. The first-order valence-electron chi connectivity index (χ1n) is 4.41. The molecular weight excluding hydrogens is 202 g/mol. The average molecular weight is 214 g/mol. The molecule has 0 radical (unpaired) electrons. The van der Waals surface area contributed by atoms with Gasteiger partial charge in [-0.1, -0.05) is 11.6 Å². The molecule has 1 fully saturated rings. The van der Waals surface area contributed by atoms with Crippen LogP contribution in [0.15, 0.2) is 12.4 Å². The lowest BCUT2D eigenvalue weighted by atomic mass is 9.97. The van der Waals surface area contributed by atoms with Gasteiger partial charge in [-0.2, -0.15) is 0 Å². The fraction of sp³-hybridized carbons (Fsp3) is 0.556. The van der Waals surface area contributed by atoms with E-state index in [4.69, 9.17) is 16.3 Å². The Labute approximate surface area is 87.9 Å². The van der Waals surface area contributed by atoms with Crippen LogP contribution in [0.5, 0.6) is 0 Å². The van der Waals surface area contributed by atoms with Crippen LogP contribution in [0.25, 0.3) is 0 Å². The van der Waals surface area contributed by atoms with E-state index >= 15 is 0 Å². The van der Waals surface area contributed by atoms with Gasteiger partial charge in [0.2, 0.25) is 0 Å². The lowest BCUT2D eigenvalue weighted by Gasteiger charge is -2.47. The minimum absolute atomic E-state index is 0.0686. The maximum absolute atomic E-state index is 5.91. The van der Waals surface area contributed by atoms with Gasteiger partial charge in [-0.3, -0.25) is 0 Å². The summed E-state index contributed by atoms with van der Waals surface area (Å²) in [5, 5.41) is 0.450. The molecule has 1 saturated heterocycles. The molecule has 0 bridgehead atoms. The Hall–Kier alpha value is -0.870. The van der Waals surface area contributed by atoms with Gasteiger partial charge in [-0.05, 0) is 6.92 Å². The summed E-state index contributed by atoms with van der Waals surface area (Å²) in [5.41, 5.74) is -0.0686. The summed E-state index contributed by atoms with van der Waals surface area (Å²) in [6, 6.07) is 0. The van der Waals surface area contributed by atoms with Crippen LogP contribution in [0.1, 0.15) is 6.92 Å². The molecule has 0 amide bonds. The van der Waals surface area contributed by atoms with Crippen molar-refractivity contribution in [2.24, 2.45) is 0 Å². The second-order valence-electron chi connectivity index (χ2n) is 3.68. The number of halogens is 1. The number of hydrogen-bond donors (Lipinski definition) is 0. The summed E-state index contributed by atoms with van der Waals surface area (Å²) in [4.78, 5) is 10.2. The Bertz CT molecular complexity index is 339. The van der Waals surface area contributed by atoms with Crippen molar-refractivity contribution in [3.05, 3.63) is 17.5 Å². The van der Waals surface area contributed by atoms with Crippen LogP contribution in [-0.4, -0.2) is 35.8 Å². The SMILES string of the molecule is COC1(C)CN(c2nccnc2Cl)C1. The highest BCUT2D eigenvalue weighted by Gasteiger charge is 2.40. The summed E-state index contributed by atoms with van der Waals surface area (Å²) >= 11 is 5.91. The van der Waals surface area contributed by atoms with Gasteiger partial charge in [0, 0.05) is 19.5 Å². The second kappa shape index (κ2) is 3.37. The topological polar surface area (TPSA) is 38.2 Å². The third-order valence-corrected chi connectivity index (χ3v) is 2.75. The van der Waals surface area contributed by atoms with E-state index in [1.165, 1.54) is 0 Å². The van der Waals surface area contributed by atoms with Crippen LogP contribution in [0.2, 0.25) is 5.15 Å². The predicted molar refractivity (Wildman–Crippen MR) is 54.7 cm³/mol. The zero-order valence-corrected chi connectivity index (χ0v) is 8.95. The smallest absolute Gasteiger partial charge is 0.171 e. The van der Waals surface area contributed by atoms with E-state index < -0.39 is 0 Å². The van der Waals surface area contributed by atoms with E-state index in [1.807, 2.05) is 0 Å². The fourth-order valence-electron chi connectivity index (χ4n) is 1.57. The van der Waals surface area contributed by atoms with Crippen LogP contribution in [0.4, 0.5) is 5.82 Å². The molecule has 1 aromatic heterocycles. The lowest BCUT2D eigenvalue weighted by molar-refractivity contribution is -0.0171. The van der Waals surface area contributed by atoms with Gasteiger partial charge in [0.15, 0.2) is 11.0 Å². The van der Waals surface area contributed by atoms with Crippen molar-refractivity contribution in [3.63, 3.8) is 0 Å². The third kappa shape index (κ3) is 1.55. The highest BCUT2D eigenvalue weighted by molar-refractivity contribution is 6.31. The average Bonchev–Trinajstić information content (AvgIpc) is 2.14. The number of methoxy groups -OCH3 is 1. The van der Waals surface area contributed by atoms with Crippen molar-refractivity contribution >= 4 is 17.4 Å². The number of rotatable bonds is 2. The number of hydrogen-bond acceptors (Lipinski definition) is 4. The quantitative estimate of drug-likeness (QED) is 0.744. The molecular formula is C9H12ClN3O. The molecule has 0 atom stereocenters. The van der Waals surface area contributed by atoms with Crippen LogP contribution < -0.4 is 4.90 Å². The maximum atomic E-state index is 5.91. The molecule has 1 aliphatic rings. The van der Waals surface area contributed by atoms with Gasteiger partial charge in [0.1, 0.15) is 0 Å². The first-order chi connectivity index (χ1) is 6.64. The Morgan fingerprint density at radius 3 is 2.64 bits per heavy atom. The Morgan fingerprint density at radius 2 is 2.07 bits per heavy atom. The summed E-state index contributed by atoms with van der Waals surface area (Å²) in [6.45, 7) is 3.68. The van der Waals surface area contributed by atoms with E-state index in [1.54, 1.807) is 19.5 Å². The summed E-state index contributed by atoms with van der Waals surface area (Å²) < 4.78 is 5.33. The van der Waals surface area contributed by atoms with E-state index in [-0.39, 0.29) is 5.60 Å². The van der Waals surface area contributed by atoms with E-state index in [2.05, 4.69) is 21.8 Å². The van der Waals surface area contributed by atoms with E-state index in [0.717, 1.165) is 18.9 Å². The molecule has 0 aliphatic carbocycles. The molecule has 14 heavy (non-hydrogen) atoms. The third-order valence-electron chi connectivity index (χ3n) is 2.48. The molecule has 4 nitrogen and oxygen atoms in total. The van der Waals surface area contributed by atoms with E-state index in [0.29, 0.717) is 5.15 Å². The fourth-order valence-corrected chi connectivity index (χ4v) is 1.79. The highest BCUT2D eigenvalue weighted by atomic mass is 35.5. The monoisotopic (exact) mass is 213 g/mol. The van der Waals surface area contributed by atoms with Gasteiger partial charge < -0.3 is 9.64 Å². The van der Waals surface area contributed by atoms with Crippen molar-refractivity contribution in [2.75, 3.05) is 25.1 Å². The highest BCUT2D eigenvalue weighted by Crippen LogP contribution is 2.31. The minimum atomic E-state index is -0.0686. The first-order valence-corrected chi connectivity index (χ1v) is 4.79. The summed E-state index contributed by atoms with van der Waals surface area (Å²) in [7, 11) is 1.72. The van der Waals surface area contributed by atoms with Gasteiger partial charge >= 0.3 is 0 Å². The molecule has 76 valence electrons. The van der Waals surface area contributed by atoms with Gasteiger partial charge in [-0.15, -0.1) is 0 Å². The van der Waals surface area contributed by atoms with Crippen LogP contribution in [0, 0.1) is 0 Å². The number of nitrogens with zero attached hydrogens (tertiary/aromatic N) is 3. The maximum Gasteiger partial charge on any atom is 0.171 e. The normalized spacial score (nSPS) is 19.2. The van der Waals surface area contributed by atoms with Crippen LogP contribution in [-0.2, 0) is 4.74 Å². The first kappa shape index (κ1) is 9.68. The largest absolute Gasteiger partial charge is 0.375 e. The molecule has 0 aromatic carbocycles. The minimum Gasteiger partial charge on any atom is -0.375 e. The summed E-state index contributed by atoms with van der Waals surface area (Å²) in [6.07, 6.45) is 3.23. The summed E-state index contributed by atoms with van der Waals surface area (Å²) in [5.74, 6) is 0.740. The van der Waals surface area contributed by atoms with Crippen molar-refractivity contribution in [1.29, 1.82) is 0 Å². The van der Waals surface area contributed by atoms with Gasteiger partial charge in [0.25, 0.3) is 0 Å². The molecule has 0 N–H and O–H groups in total. The number of aromatic nitrogens is 2. The van der Waals surface area contributed by atoms with E-state index in [9.17, 15) is 0 Å². The van der Waals surface area contributed by atoms with Crippen molar-refractivity contribution in [2.45, 2.75) is 12.5 Å². The number of anilines is 1. The zero-order chi connectivity index (χ0) is 10.2. The Kier molecular flexibility index (Phi) is 2.33. The van der Waals surface area contributed by atoms with Crippen molar-refractivity contribution < 1.29 is 4.74 Å². The molecule has 2 heterocycles. The molecule has 1 aliphatic heterocycles. The van der Waals surface area contributed by atoms with Crippen LogP contribution >= 0.6 is 11.6 Å². The van der Waals surface area contributed by atoms with Crippen LogP contribution in [0.3, 0.4) is 0 Å². The number of ether oxygens (including phenoxy) is 1. The second-order valence-corrected chi connectivity index (χ2v) is 4.04. The Morgan fingerprint density at radius 1 is 1.43 bits per heavy atom. The van der Waals surface area contributed by atoms with Crippen molar-refractivity contribution in [1.82, 2.24) is 9.97 Å².